The largest absolute Gasteiger partial charge is 0.497 e. The molecule has 3 aromatic rings. The van der Waals surface area contributed by atoms with E-state index >= 15 is 0 Å². The molecule has 0 aliphatic rings. The molecule has 0 aliphatic carbocycles. The van der Waals surface area contributed by atoms with Crippen LogP contribution in [0.1, 0.15) is 6.42 Å². The van der Waals surface area contributed by atoms with Gasteiger partial charge in [-0.25, -0.2) is 8.42 Å². The molecule has 0 heterocycles. The molecule has 0 bridgehead atoms. The lowest BCUT2D eigenvalue weighted by atomic mass is 10.3. The van der Waals surface area contributed by atoms with Gasteiger partial charge >= 0.3 is 0 Å². The van der Waals surface area contributed by atoms with Crippen molar-refractivity contribution in [2.24, 2.45) is 0 Å². The van der Waals surface area contributed by atoms with Crippen molar-refractivity contribution < 1.29 is 17.9 Å². The Bertz CT molecular complexity index is 1200. The molecule has 34 heavy (non-hydrogen) atoms. The maximum absolute atomic E-state index is 13.4. The van der Waals surface area contributed by atoms with Gasteiger partial charge in [0.1, 0.15) is 12.3 Å². The first-order valence-corrected chi connectivity index (χ1v) is 13.5. The fraction of sp³-hybridized carbons (Fsp3) is 0.208. The van der Waals surface area contributed by atoms with Crippen molar-refractivity contribution in [2.75, 3.05) is 30.3 Å². The minimum Gasteiger partial charge on any atom is -0.497 e. The number of carbonyl (C=O) groups is 1. The molecule has 0 unspecified atom stereocenters. The molecule has 0 saturated carbocycles. The molecular formula is C24H24Cl2N2O4S2. The van der Waals surface area contributed by atoms with Crippen LogP contribution in [0.4, 0.5) is 5.69 Å². The quantitative estimate of drug-likeness (QED) is 0.258. The number of nitrogens with one attached hydrogen (secondary N) is 1. The van der Waals surface area contributed by atoms with Gasteiger partial charge in [0.05, 0.1) is 17.7 Å². The Morgan fingerprint density at radius 2 is 1.71 bits per heavy atom. The van der Waals surface area contributed by atoms with Crippen molar-refractivity contribution in [3.8, 4) is 5.75 Å². The summed E-state index contributed by atoms with van der Waals surface area (Å²) in [5.41, 5.74) is 0.303. The molecule has 0 saturated heterocycles. The molecule has 6 nitrogen and oxygen atoms in total. The Hall–Kier alpha value is -2.39. The second kappa shape index (κ2) is 12.4. The van der Waals surface area contributed by atoms with E-state index in [1.54, 1.807) is 42.1 Å². The summed E-state index contributed by atoms with van der Waals surface area (Å²) < 4.78 is 32.9. The Morgan fingerprint density at radius 3 is 2.35 bits per heavy atom. The van der Waals surface area contributed by atoms with Crippen LogP contribution < -0.4 is 14.4 Å². The smallest absolute Gasteiger partial charge is 0.264 e. The predicted octanol–water partition coefficient (Wildman–Crippen LogP) is 5.50. The van der Waals surface area contributed by atoms with E-state index in [4.69, 9.17) is 27.9 Å². The van der Waals surface area contributed by atoms with Crippen molar-refractivity contribution in [2.45, 2.75) is 16.2 Å². The van der Waals surface area contributed by atoms with E-state index in [-0.39, 0.29) is 11.4 Å². The number of carbonyl (C=O) groups excluding carboxylic acids is 1. The molecule has 1 amide bonds. The molecule has 0 atom stereocenters. The summed E-state index contributed by atoms with van der Waals surface area (Å²) >= 11 is 13.6. The highest BCUT2D eigenvalue weighted by Gasteiger charge is 2.27. The fourth-order valence-corrected chi connectivity index (χ4v) is 5.60. The number of amides is 1. The predicted molar refractivity (Wildman–Crippen MR) is 139 cm³/mol. The monoisotopic (exact) mass is 538 g/mol. The van der Waals surface area contributed by atoms with Gasteiger partial charge in [0.25, 0.3) is 10.0 Å². The molecule has 0 aromatic heterocycles. The molecule has 3 rings (SSSR count). The first-order chi connectivity index (χ1) is 16.3. The summed E-state index contributed by atoms with van der Waals surface area (Å²) in [7, 11) is -2.52. The zero-order valence-corrected chi connectivity index (χ0v) is 21.6. The molecule has 10 heteroatoms. The third kappa shape index (κ3) is 7.30. The molecule has 0 aliphatic heterocycles. The number of thioether (sulfide) groups is 1. The highest BCUT2D eigenvalue weighted by Crippen LogP contribution is 2.27. The number of halogens is 2. The van der Waals surface area contributed by atoms with E-state index in [9.17, 15) is 13.2 Å². The van der Waals surface area contributed by atoms with Crippen LogP contribution in [-0.4, -0.2) is 40.3 Å². The zero-order chi connectivity index (χ0) is 24.6. The number of benzene rings is 3. The Labute approximate surface area is 214 Å². The average Bonchev–Trinajstić information content (AvgIpc) is 2.83. The number of ether oxygens (including phenoxy) is 1. The van der Waals surface area contributed by atoms with E-state index in [1.807, 2.05) is 24.3 Å². The van der Waals surface area contributed by atoms with Gasteiger partial charge in [-0.1, -0.05) is 29.3 Å². The molecule has 0 spiro atoms. The highest BCUT2D eigenvalue weighted by atomic mass is 35.5. The van der Waals surface area contributed by atoms with Gasteiger partial charge in [0.2, 0.25) is 5.91 Å². The lowest BCUT2D eigenvalue weighted by Gasteiger charge is -2.24. The van der Waals surface area contributed by atoms with Crippen LogP contribution in [0.25, 0.3) is 0 Å². The van der Waals surface area contributed by atoms with Gasteiger partial charge < -0.3 is 10.1 Å². The molecule has 180 valence electrons. The van der Waals surface area contributed by atoms with Gasteiger partial charge in [-0.2, -0.15) is 0 Å². The van der Waals surface area contributed by atoms with E-state index in [0.29, 0.717) is 28.0 Å². The van der Waals surface area contributed by atoms with Crippen molar-refractivity contribution in [1.82, 2.24) is 5.32 Å². The maximum Gasteiger partial charge on any atom is 0.264 e. The number of methoxy groups -OCH3 is 1. The fourth-order valence-electron chi connectivity index (χ4n) is 3.03. The number of rotatable bonds is 11. The number of nitrogens with zero attached hydrogens (tertiary/aromatic N) is 1. The van der Waals surface area contributed by atoms with Crippen LogP contribution in [0.2, 0.25) is 10.0 Å². The maximum atomic E-state index is 13.4. The number of anilines is 1. The van der Waals surface area contributed by atoms with Gasteiger partial charge in [0.15, 0.2) is 0 Å². The van der Waals surface area contributed by atoms with Gasteiger partial charge in [-0.15, -0.1) is 11.8 Å². The first kappa shape index (κ1) is 26.2. The molecule has 1 N–H and O–H groups in total. The van der Waals surface area contributed by atoms with Crippen LogP contribution in [0, 0.1) is 0 Å². The number of hydrogen-bond acceptors (Lipinski definition) is 5. The lowest BCUT2D eigenvalue weighted by molar-refractivity contribution is -0.119. The number of hydrogen-bond donors (Lipinski definition) is 1. The van der Waals surface area contributed by atoms with E-state index in [1.165, 1.54) is 25.3 Å². The standard InChI is InChI=1S/C24H24Cl2N2O4S2/c1-32-21-8-12-23(13-9-21)34(30,31)28(20-5-2-4-19(26)16-20)17-24(29)27-14-3-15-33-22-10-6-18(25)7-11-22/h2,4-13,16H,3,14-15,17H2,1H3,(H,27,29). The first-order valence-electron chi connectivity index (χ1n) is 10.4. The van der Waals surface area contributed by atoms with Gasteiger partial charge in [-0.3, -0.25) is 9.10 Å². The van der Waals surface area contributed by atoms with Gasteiger partial charge in [-0.05, 0) is 78.9 Å². The second-order valence-corrected chi connectivity index (χ2v) is 11.1. The number of sulfonamides is 1. The SMILES string of the molecule is COc1ccc(S(=O)(=O)N(CC(=O)NCCCSc2ccc(Cl)cc2)c2cccc(Cl)c2)cc1. The second-order valence-electron chi connectivity index (χ2n) is 7.17. The van der Waals surface area contributed by atoms with Crippen molar-refractivity contribution in [3.63, 3.8) is 0 Å². The van der Waals surface area contributed by atoms with Gasteiger partial charge in [0, 0.05) is 21.5 Å². The molecule has 3 aromatic carbocycles. The van der Waals surface area contributed by atoms with Crippen molar-refractivity contribution in [1.29, 1.82) is 0 Å². The third-order valence-electron chi connectivity index (χ3n) is 4.76. The van der Waals surface area contributed by atoms with Crippen LogP contribution >= 0.6 is 35.0 Å². The average molecular weight is 540 g/mol. The van der Waals surface area contributed by atoms with Crippen molar-refractivity contribution >= 4 is 56.6 Å². The summed E-state index contributed by atoms with van der Waals surface area (Å²) in [6.45, 7) is 0.0461. The summed E-state index contributed by atoms with van der Waals surface area (Å²) in [5, 5.41) is 3.86. The van der Waals surface area contributed by atoms with E-state index in [2.05, 4.69) is 5.32 Å². The molecule has 0 radical (unpaired) electrons. The lowest BCUT2D eigenvalue weighted by Crippen LogP contribution is -2.41. The summed E-state index contributed by atoms with van der Waals surface area (Å²) in [5.74, 6) is 0.917. The van der Waals surface area contributed by atoms with E-state index in [0.717, 1.165) is 21.4 Å². The van der Waals surface area contributed by atoms with Crippen LogP contribution in [0.5, 0.6) is 5.75 Å². The van der Waals surface area contributed by atoms with Crippen molar-refractivity contribution in [3.05, 3.63) is 82.8 Å². The van der Waals surface area contributed by atoms with Crippen LogP contribution in [0.15, 0.2) is 82.6 Å². The van der Waals surface area contributed by atoms with Crippen LogP contribution in [-0.2, 0) is 14.8 Å². The summed E-state index contributed by atoms with van der Waals surface area (Å²) in [4.78, 5) is 13.8. The minimum atomic E-state index is -4.02. The van der Waals surface area contributed by atoms with Crippen LogP contribution in [0.3, 0.4) is 0 Å². The summed E-state index contributed by atoms with van der Waals surface area (Å²) in [6.07, 6.45) is 0.724. The third-order valence-corrected chi connectivity index (χ3v) is 8.13. The molecular weight excluding hydrogens is 515 g/mol. The highest BCUT2D eigenvalue weighted by molar-refractivity contribution is 7.99. The Morgan fingerprint density at radius 1 is 1.00 bits per heavy atom. The normalized spacial score (nSPS) is 11.1. The topological polar surface area (TPSA) is 75.7 Å². The molecule has 0 fully saturated rings. The summed E-state index contributed by atoms with van der Waals surface area (Å²) in [6, 6.07) is 19.9. The minimum absolute atomic E-state index is 0.0421. The van der Waals surface area contributed by atoms with E-state index < -0.39 is 15.9 Å². The Kier molecular flexibility index (Phi) is 9.53. The zero-order valence-electron chi connectivity index (χ0n) is 18.4. The Balaban J connectivity index is 1.65.